The number of anilines is 2. The third kappa shape index (κ3) is 4.05. The van der Waals surface area contributed by atoms with E-state index >= 15 is 0 Å². The Morgan fingerprint density at radius 1 is 1.19 bits per heavy atom. The van der Waals surface area contributed by atoms with E-state index in [2.05, 4.69) is 41.6 Å². The Morgan fingerprint density at radius 2 is 2.00 bits per heavy atom. The van der Waals surface area contributed by atoms with Crippen LogP contribution in [0.2, 0.25) is 0 Å². The van der Waals surface area contributed by atoms with E-state index < -0.39 is 0 Å². The number of hydrogen-bond acceptors (Lipinski definition) is 3. The van der Waals surface area contributed by atoms with Crippen molar-refractivity contribution < 1.29 is 4.79 Å². The number of nitrogens with zero attached hydrogens (tertiary/aromatic N) is 1. The number of amides is 1. The van der Waals surface area contributed by atoms with E-state index in [-0.39, 0.29) is 5.91 Å². The van der Waals surface area contributed by atoms with Crippen molar-refractivity contribution in [2.75, 3.05) is 11.9 Å². The van der Waals surface area contributed by atoms with Crippen molar-refractivity contribution in [3.8, 4) is 0 Å². The van der Waals surface area contributed by atoms with Crippen molar-refractivity contribution in [1.82, 2.24) is 10.3 Å². The third-order valence-electron chi connectivity index (χ3n) is 3.20. The Balaban J connectivity index is 2.15. The maximum Gasteiger partial charge on any atom is 0.252 e. The first-order chi connectivity index (χ1) is 10.1. The summed E-state index contributed by atoms with van der Waals surface area (Å²) in [5, 5.41) is 6.16. The summed E-state index contributed by atoms with van der Waals surface area (Å²) in [6, 6.07) is 8.03. The Morgan fingerprint density at radius 3 is 2.71 bits per heavy atom. The number of aryl methyl sites for hydroxylation is 2. The van der Waals surface area contributed by atoms with Gasteiger partial charge >= 0.3 is 0 Å². The van der Waals surface area contributed by atoms with Crippen molar-refractivity contribution in [2.24, 2.45) is 0 Å². The van der Waals surface area contributed by atoms with Gasteiger partial charge in [0.1, 0.15) is 0 Å². The Bertz CT molecular complexity index is 638. The van der Waals surface area contributed by atoms with Crippen molar-refractivity contribution >= 4 is 17.3 Å². The number of rotatable bonds is 5. The molecule has 0 unspecified atom stereocenters. The van der Waals surface area contributed by atoms with Gasteiger partial charge in [-0.2, -0.15) is 0 Å². The molecule has 0 aliphatic rings. The average Bonchev–Trinajstić information content (AvgIpc) is 2.48. The third-order valence-corrected chi connectivity index (χ3v) is 3.20. The molecule has 21 heavy (non-hydrogen) atoms. The van der Waals surface area contributed by atoms with Crippen LogP contribution in [0.25, 0.3) is 0 Å². The largest absolute Gasteiger partial charge is 0.354 e. The minimum atomic E-state index is -0.0892. The van der Waals surface area contributed by atoms with Crippen LogP contribution in [0.3, 0.4) is 0 Å². The SMILES string of the molecule is CCCNC(=O)c1cncc(Nc2ccc(C)cc2C)c1. The van der Waals surface area contributed by atoms with Gasteiger partial charge in [0.05, 0.1) is 17.4 Å². The standard InChI is InChI=1S/C17H21N3O/c1-4-7-19-17(21)14-9-15(11-18-10-14)20-16-6-5-12(2)8-13(16)3/h5-6,8-11,20H,4,7H2,1-3H3,(H,19,21). The van der Waals surface area contributed by atoms with Crippen LogP contribution in [-0.4, -0.2) is 17.4 Å². The summed E-state index contributed by atoms with van der Waals surface area (Å²) in [5.74, 6) is -0.0892. The first kappa shape index (κ1) is 15.0. The molecule has 1 amide bonds. The highest BCUT2D eigenvalue weighted by atomic mass is 16.1. The Labute approximate surface area is 125 Å². The van der Waals surface area contributed by atoms with Gasteiger partial charge in [-0.05, 0) is 38.0 Å². The van der Waals surface area contributed by atoms with Gasteiger partial charge < -0.3 is 10.6 Å². The van der Waals surface area contributed by atoms with Gasteiger partial charge in [0.25, 0.3) is 5.91 Å². The van der Waals surface area contributed by atoms with Crippen molar-refractivity contribution in [2.45, 2.75) is 27.2 Å². The average molecular weight is 283 g/mol. The first-order valence-corrected chi connectivity index (χ1v) is 7.17. The van der Waals surface area contributed by atoms with E-state index in [0.717, 1.165) is 23.4 Å². The summed E-state index contributed by atoms with van der Waals surface area (Å²) in [6.45, 7) is 6.82. The van der Waals surface area contributed by atoms with Gasteiger partial charge in [-0.3, -0.25) is 9.78 Å². The summed E-state index contributed by atoms with van der Waals surface area (Å²) in [4.78, 5) is 16.1. The molecule has 0 aliphatic carbocycles. The summed E-state index contributed by atoms with van der Waals surface area (Å²) in [5.41, 5.74) is 4.79. The van der Waals surface area contributed by atoms with Gasteiger partial charge in [-0.25, -0.2) is 0 Å². The Hall–Kier alpha value is -2.36. The molecule has 0 aliphatic heterocycles. The van der Waals surface area contributed by atoms with Gasteiger partial charge in [0.15, 0.2) is 0 Å². The summed E-state index contributed by atoms with van der Waals surface area (Å²) >= 11 is 0. The molecule has 0 saturated carbocycles. The maximum absolute atomic E-state index is 11.9. The maximum atomic E-state index is 11.9. The number of benzene rings is 1. The molecule has 1 aromatic carbocycles. The lowest BCUT2D eigenvalue weighted by Gasteiger charge is -2.11. The van der Waals surface area contributed by atoms with Crippen LogP contribution >= 0.6 is 0 Å². The smallest absolute Gasteiger partial charge is 0.252 e. The zero-order valence-electron chi connectivity index (χ0n) is 12.7. The number of pyridine rings is 1. The second kappa shape index (κ2) is 6.88. The van der Waals surface area contributed by atoms with Crippen LogP contribution in [0, 0.1) is 13.8 Å². The van der Waals surface area contributed by atoms with Gasteiger partial charge in [-0.15, -0.1) is 0 Å². The topological polar surface area (TPSA) is 54.0 Å². The quantitative estimate of drug-likeness (QED) is 0.881. The van der Waals surface area contributed by atoms with Crippen LogP contribution in [0.5, 0.6) is 0 Å². The van der Waals surface area contributed by atoms with Gasteiger partial charge in [0, 0.05) is 18.4 Å². The van der Waals surface area contributed by atoms with Crippen LogP contribution in [-0.2, 0) is 0 Å². The fourth-order valence-corrected chi connectivity index (χ4v) is 2.08. The van der Waals surface area contributed by atoms with Crippen LogP contribution in [0.15, 0.2) is 36.7 Å². The monoisotopic (exact) mass is 283 g/mol. The van der Waals surface area contributed by atoms with Crippen molar-refractivity contribution in [1.29, 1.82) is 0 Å². The molecule has 1 aromatic heterocycles. The lowest BCUT2D eigenvalue weighted by atomic mass is 10.1. The molecular formula is C17H21N3O. The van der Waals surface area contributed by atoms with Crippen molar-refractivity contribution in [3.05, 3.63) is 53.3 Å². The summed E-state index contributed by atoms with van der Waals surface area (Å²) < 4.78 is 0. The molecule has 2 rings (SSSR count). The molecule has 4 nitrogen and oxygen atoms in total. The van der Waals surface area contributed by atoms with Crippen molar-refractivity contribution in [3.63, 3.8) is 0 Å². The molecule has 2 N–H and O–H groups in total. The van der Waals surface area contributed by atoms with E-state index in [4.69, 9.17) is 0 Å². The molecule has 0 radical (unpaired) electrons. The lowest BCUT2D eigenvalue weighted by molar-refractivity contribution is 0.0953. The van der Waals surface area contributed by atoms with E-state index in [0.29, 0.717) is 12.1 Å². The fraction of sp³-hybridized carbons (Fsp3) is 0.294. The number of hydrogen-bond donors (Lipinski definition) is 2. The van der Waals surface area contributed by atoms with Crippen LogP contribution in [0.4, 0.5) is 11.4 Å². The lowest BCUT2D eigenvalue weighted by Crippen LogP contribution is -2.24. The molecule has 2 aromatic rings. The molecule has 4 heteroatoms. The van der Waals surface area contributed by atoms with E-state index in [1.54, 1.807) is 12.4 Å². The van der Waals surface area contributed by atoms with Gasteiger partial charge in [-0.1, -0.05) is 24.6 Å². The molecule has 110 valence electrons. The molecule has 0 saturated heterocycles. The molecule has 0 spiro atoms. The second-order valence-corrected chi connectivity index (χ2v) is 5.16. The Kier molecular flexibility index (Phi) is 4.93. The molecule has 0 bridgehead atoms. The second-order valence-electron chi connectivity index (χ2n) is 5.16. The van der Waals surface area contributed by atoms with E-state index in [1.165, 1.54) is 5.56 Å². The number of aromatic nitrogens is 1. The van der Waals surface area contributed by atoms with Gasteiger partial charge in [0.2, 0.25) is 0 Å². The van der Waals surface area contributed by atoms with E-state index in [9.17, 15) is 4.79 Å². The van der Waals surface area contributed by atoms with Crippen LogP contribution < -0.4 is 10.6 Å². The predicted octanol–water partition coefficient (Wildman–Crippen LogP) is 3.58. The highest BCUT2D eigenvalue weighted by Crippen LogP contribution is 2.21. The van der Waals surface area contributed by atoms with Crippen LogP contribution in [0.1, 0.15) is 34.8 Å². The van der Waals surface area contributed by atoms with E-state index in [1.807, 2.05) is 19.1 Å². The highest BCUT2D eigenvalue weighted by molar-refractivity contribution is 5.94. The summed E-state index contributed by atoms with van der Waals surface area (Å²) in [7, 11) is 0. The minimum absolute atomic E-state index is 0.0892. The number of carbonyl (C=O) groups excluding carboxylic acids is 1. The fourth-order valence-electron chi connectivity index (χ4n) is 2.08. The molecule has 1 heterocycles. The highest BCUT2D eigenvalue weighted by Gasteiger charge is 2.07. The molecule has 0 fully saturated rings. The number of nitrogens with one attached hydrogen (secondary N) is 2. The predicted molar refractivity (Wildman–Crippen MR) is 86.1 cm³/mol. The first-order valence-electron chi connectivity index (χ1n) is 7.17. The normalized spacial score (nSPS) is 10.2. The minimum Gasteiger partial charge on any atom is -0.354 e. The molecule has 0 atom stereocenters. The summed E-state index contributed by atoms with van der Waals surface area (Å²) in [6.07, 6.45) is 4.22. The molecular weight excluding hydrogens is 262 g/mol. The zero-order chi connectivity index (χ0) is 15.2. The zero-order valence-corrected chi connectivity index (χ0v) is 12.7. The number of carbonyl (C=O) groups is 1.